The number of non-ortho nitro benzene ring substituents is 1. The van der Waals surface area contributed by atoms with Crippen LogP contribution in [0.1, 0.15) is 0 Å². The number of hydrogen-bond acceptors (Lipinski definition) is 3. The molecule has 2 aromatic rings. The number of aromatic hydroxyl groups is 1. The number of phenolic OH excluding ortho intramolecular Hbond substituents is 1. The van der Waals surface area contributed by atoms with Crippen molar-refractivity contribution in [3.63, 3.8) is 0 Å². The Bertz CT molecular complexity index is 631. The number of nitro groups is 1. The van der Waals surface area contributed by atoms with E-state index < -0.39 is 10.7 Å². The Kier molecular flexibility index (Phi) is 3.16. The van der Waals surface area contributed by atoms with Crippen molar-refractivity contribution in [3.05, 3.63) is 57.4 Å². The van der Waals surface area contributed by atoms with Crippen molar-refractivity contribution in [1.82, 2.24) is 0 Å². The van der Waals surface area contributed by atoms with Crippen LogP contribution in [0.3, 0.4) is 0 Å². The fourth-order valence-corrected chi connectivity index (χ4v) is 1.72. The van der Waals surface area contributed by atoms with Crippen LogP contribution in [-0.4, -0.2) is 10.0 Å². The van der Waals surface area contributed by atoms with Gasteiger partial charge in [-0.05, 0) is 11.6 Å². The molecule has 0 heterocycles. The fourth-order valence-electron chi connectivity index (χ4n) is 1.55. The lowest BCUT2D eigenvalue weighted by Gasteiger charge is -2.06. The van der Waals surface area contributed by atoms with Gasteiger partial charge >= 0.3 is 0 Å². The minimum atomic E-state index is -0.747. The molecule has 2 rings (SSSR count). The quantitative estimate of drug-likeness (QED) is 0.665. The molecule has 0 spiro atoms. The zero-order valence-corrected chi connectivity index (χ0v) is 9.69. The highest BCUT2D eigenvalue weighted by Gasteiger charge is 2.12. The predicted molar refractivity (Wildman–Crippen MR) is 65.2 cm³/mol. The molecule has 6 heteroatoms. The van der Waals surface area contributed by atoms with Crippen molar-refractivity contribution in [2.24, 2.45) is 0 Å². The van der Waals surface area contributed by atoms with Gasteiger partial charge in [-0.3, -0.25) is 10.1 Å². The maximum atomic E-state index is 13.1. The minimum absolute atomic E-state index is 0.118. The highest BCUT2D eigenvalue weighted by molar-refractivity contribution is 6.31. The van der Waals surface area contributed by atoms with E-state index in [2.05, 4.69) is 0 Å². The molecular formula is C12H7ClFNO3. The third-order valence-corrected chi connectivity index (χ3v) is 2.70. The number of benzene rings is 2. The van der Waals surface area contributed by atoms with Crippen LogP contribution in [0.4, 0.5) is 10.1 Å². The van der Waals surface area contributed by atoms with E-state index in [0.29, 0.717) is 5.56 Å². The molecular weight excluding hydrogens is 261 g/mol. The number of nitrogens with zero attached hydrogens (tertiary/aromatic N) is 1. The topological polar surface area (TPSA) is 63.4 Å². The molecule has 0 saturated carbocycles. The predicted octanol–water partition coefficient (Wildman–Crippen LogP) is 3.76. The van der Waals surface area contributed by atoms with E-state index in [1.54, 1.807) is 6.07 Å². The Morgan fingerprint density at radius 3 is 2.67 bits per heavy atom. The van der Waals surface area contributed by atoms with Gasteiger partial charge in [0.15, 0.2) is 0 Å². The normalized spacial score (nSPS) is 10.3. The van der Waals surface area contributed by atoms with E-state index in [9.17, 15) is 19.6 Å². The molecule has 0 amide bonds. The standard InChI is InChI=1S/C12H7ClFNO3/c13-10-5-9(12(16)6-11(10)14)7-2-1-3-8(4-7)15(17)18/h1-6,16H. The third-order valence-electron chi connectivity index (χ3n) is 2.41. The molecule has 92 valence electrons. The summed E-state index contributed by atoms with van der Waals surface area (Å²) in [6.45, 7) is 0. The monoisotopic (exact) mass is 267 g/mol. The molecule has 0 atom stereocenters. The van der Waals surface area contributed by atoms with Crippen molar-refractivity contribution >= 4 is 17.3 Å². The second kappa shape index (κ2) is 4.62. The highest BCUT2D eigenvalue weighted by Crippen LogP contribution is 2.34. The van der Waals surface area contributed by atoms with Crippen LogP contribution in [0.25, 0.3) is 11.1 Å². The Morgan fingerprint density at radius 2 is 2.00 bits per heavy atom. The van der Waals surface area contributed by atoms with Gasteiger partial charge in [-0.15, -0.1) is 0 Å². The maximum absolute atomic E-state index is 13.1. The van der Waals surface area contributed by atoms with Crippen molar-refractivity contribution in [1.29, 1.82) is 0 Å². The van der Waals surface area contributed by atoms with Gasteiger partial charge < -0.3 is 5.11 Å². The van der Waals surface area contributed by atoms with Crippen LogP contribution in [-0.2, 0) is 0 Å². The van der Waals surface area contributed by atoms with Gasteiger partial charge in [0.1, 0.15) is 11.6 Å². The summed E-state index contributed by atoms with van der Waals surface area (Å²) in [6, 6.07) is 7.75. The van der Waals surface area contributed by atoms with E-state index in [4.69, 9.17) is 11.6 Å². The number of halogens is 2. The molecule has 4 nitrogen and oxygen atoms in total. The van der Waals surface area contributed by atoms with Crippen LogP contribution in [0.5, 0.6) is 5.75 Å². The third kappa shape index (κ3) is 2.26. The number of hydrogen-bond donors (Lipinski definition) is 1. The molecule has 0 bridgehead atoms. The summed E-state index contributed by atoms with van der Waals surface area (Å²) in [5.41, 5.74) is 0.515. The largest absolute Gasteiger partial charge is 0.507 e. The Morgan fingerprint density at radius 1 is 1.28 bits per heavy atom. The molecule has 1 N–H and O–H groups in total. The molecule has 0 aromatic heterocycles. The number of phenols is 1. The lowest BCUT2D eigenvalue weighted by atomic mass is 10.0. The van der Waals surface area contributed by atoms with Gasteiger partial charge in [0.25, 0.3) is 5.69 Å². The first kappa shape index (κ1) is 12.3. The average molecular weight is 268 g/mol. The molecule has 0 aliphatic heterocycles. The smallest absolute Gasteiger partial charge is 0.270 e. The Hall–Kier alpha value is -2.14. The lowest BCUT2D eigenvalue weighted by Crippen LogP contribution is -1.89. The number of nitro benzene ring substituents is 1. The van der Waals surface area contributed by atoms with E-state index in [1.807, 2.05) is 0 Å². The zero-order valence-electron chi connectivity index (χ0n) is 8.93. The van der Waals surface area contributed by atoms with Gasteiger partial charge in [-0.1, -0.05) is 23.7 Å². The van der Waals surface area contributed by atoms with Gasteiger partial charge in [0.05, 0.1) is 9.95 Å². The van der Waals surface area contributed by atoms with Crippen molar-refractivity contribution in [2.45, 2.75) is 0 Å². The molecule has 0 unspecified atom stereocenters. The molecule has 0 aliphatic carbocycles. The van der Waals surface area contributed by atoms with Gasteiger partial charge in [-0.25, -0.2) is 4.39 Å². The Balaban J connectivity index is 2.58. The van der Waals surface area contributed by atoms with E-state index >= 15 is 0 Å². The maximum Gasteiger partial charge on any atom is 0.270 e. The molecule has 0 fully saturated rings. The van der Waals surface area contributed by atoms with Crippen molar-refractivity contribution in [2.75, 3.05) is 0 Å². The minimum Gasteiger partial charge on any atom is -0.507 e. The number of rotatable bonds is 2. The van der Waals surface area contributed by atoms with Gasteiger partial charge in [0.2, 0.25) is 0 Å². The summed E-state index contributed by atoms with van der Waals surface area (Å²) in [7, 11) is 0. The van der Waals surface area contributed by atoms with Crippen LogP contribution in [0, 0.1) is 15.9 Å². The first-order valence-electron chi connectivity index (χ1n) is 4.92. The molecule has 0 aliphatic rings. The summed E-state index contributed by atoms with van der Waals surface area (Å²) in [6.07, 6.45) is 0. The molecule has 0 saturated heterocycles. The lowest BCUT2D eigenvalue weighted by molar-refractivity contribution is -0.384. The summed E-state index contributed by atoms with van der Waals surface area (Å²) >= 11 is 5.62. The van der Waals surface area contributed by atoms with E-state index in [1.165, 1.54) is 24.3 Å². The van der Waals surface area contributed by atoms with E-state index in [-0.39, 0.29) is 22.0 Å². The SMILES string of the molecule is O=[N+]([O-])c1cccc(-c2cc(Cl)c(F)cc2O)c1. The average Bonchev–Trinajstić information content (AvgIpc) is 2.34. The van der Waals surface area contributed by atoms with Gasteiger partial charge in [-0.2, -0.15) is 0 Å². The van der Waals surface area contributed by atoms with E-state index in [0.717, 1.165) is 6.07 Å². The van der Waals surface area contributed by atoms with Crippen LogP contribution >= 0.6 is 11.6 Å². The summed E-state index contributed by atoms with van der Waals surface area (Å²) in [4.78, 5) is 10.1. The summed E-state index contributed by atoms with van der Waals surface area (Å²) < 4.78 is 13.1. The molecule has 18 heavy (non-hydrogen) atoms. The van der Waals surface area contributed by atoms with Crippen molar-refractivity contribution < 1.29 is 14.4 Å². The zero-order chi connectivity index (χ0) is 13.3. The van der Waals surface area contributed by atoms with Crippen molar-refractivity contribution in [3.8, 4) is 16.9 Å². The fraction of sp³-hybridized carbons (Fsp3) is 0. The van der Waals surface area contributed by atoms with Gasteiger partial charge in [0, 0.05) is 23.8 Å². The summed E-state index contributed by atoms with van der Waals surface area (Å²) in [5, 5.41) is 20.1. The Labute approximate surface area is 106 Å². The van der Waals surface area contributed by atoms with Crippen LogP contribution in [0.2, 0.25) is 5.02 Å². The van der Waals surface area contributed by atoms with Crippen LogP contribution < -0.4 is 0 Å². The second-order valence-electron chi connectivity index (χ2n) is 3.59. The highest BCUT2D eigenvalue weighted by atomic mass is 35.5. The molecule has 0 radical (unpaired) electrons. The molecule has 2 aromatic carbocycles. The summed E-state index contributed by atoms with van der Waals surface area (Å²) in [5.74, 6) is -1.07. The first-order valence-corrected chi connectivity index (χ1v) is 5.29. The van der Waals surface area contributed by atoms with Crippen LogP contribution in [0.15, 0.2) is 36.4 Å². The first-order chi connectivity index (χ1) is 8.49. The second-order valence-corrected chi connectivity index (χ2v) is 4.00.